The van der Waals surface area contributed by atoms with Gasteiger partial charge in [-0.3, -0.25) is 14.4 Å². The smallest absolute Gasteiger partial charge is 0.261 e. The second-order valence-electron chi connectivity index (χ2n) is 7.34. The molecule has 32 heavy (non-hydrogen) atoms. The van der Waals surface area contributed by atoms with Gasteiger partial charge >= 0.3 is 0 Å². The summed E-state index contributed by atoms with van der Waals surface area (Å²) in [4.78, 5) is 21.3. The Bertz CT molecular complexity index is 1250. The minimum Gasteiger partial charge on any atom is -0.492 e. The van der Waals surface area contributed by atoms with Crippen LogP contribution in [0.5, 0.6) is 5.75 Å². The van der Waals surface area contributed by atoms with Gasteiger partial charge in [0.1, 0.15) is 11.3 Å². The van der Waals surface area contributed by atoms with Crippen molar-refractivity contribution in [2.45, 2.75) is 32.2 Å². The molecule has 0 saturated heterocycles. The summed E-state index contributed by atoms with van der Waals surface area (Å²) in [6.45, 7) is 7.57. The molecule has 2 heterocycles. The first kappa shape index (κ1) is 22.4. The van der Waals surface area contributed by atoms with E-state index in [9.17, 15) is 4.79 Å². The highest BCUT2D eigenvalue weighted by molar-refractivity contribution is 7.98. The average Bonchev–Trinajstić information content (AvgIpc) is 3.37. The topological polar surface area (TPSA) is 60.2 Å². The zero-order valence-electron chi connectivity index (χ0n) is 18.7. The molecule has 4 rings (SSSR count). The summed E-state index contributed by atoms with van der Waals surface area (Å²) in [5.74, 6) is 0.677. The first-order valence-corrected chi connectivity index (χ1v) is 12.5. The van der Waals surface area contributed by atoms with Crippen LogP contribution in [-0.4, -0.2) is 40.1 Å². The zero-order valence-corrected chi connectivity index (χ0v) is 20.3. The number of amides is 1. The second-order valence-corrected chi connectivity index (χ2v) is 9.20. The normalized spacial score (nSPS) is 11.1. The van der Waals surface area contributed by atoms with Gasteiger partial charge in [0.25, 0.3) is 5.91 Å². The third-order valence-corrected chi connectivity index (χ3v) is 6.96. The maximum atomic E-state index is 13.7. The van der Waals surface area contributed by atoms with Crippen molar-refractivity contribution >= 4 is 44.4 Å². The predicted octanol–water partition coefficient (Wildman–Crippen LogP) is 5.58. The Balaban J connectivity index is 1.74. The molecule has 0 radical (unpaired) electrons. The van der Waals surface area contributed by atoms with E-state index >= 15 is 0 Å². The minimum atomic E-state index is -0.0616. The maximum absolute atomic E-state index is 13.7. The van der Waals surface area contributed by atoms with Crippen LogP contribution < -0.4 is 9.64 Å². The molecule has 0 aliphatic rings. The van der Waals surface area contributed by atoms with Gasteiger partial charge in [0.05, 0.1) is 29.1 Å². The van der Waals surface area contributed by atoms with E-state index in [1.54, 1.807) is 16.7 Å². The summed E-state index contributed by atoms with van der Waals surface area (Å²) in [5, 5.41) is 5.22. The Kier molecular flexibility index (Phi) is 6.81. The molecule has 6 nitrogen and oxygen atoms in total. The molecule has 1 amide bonds. The lowest BCUT2D eigenvalue weighted by Gasteiger charge is -2.21. The Morgan fingerprint density at radius 2 is 2.00 bits per heavy atom. The van der Waals surface area contributed by atoms with E-state index in [1.807, 2.05) is 80.2 Å². The van der Waals surface area contributed by atoms with Crippen molar-refractivity contribution in [3.8, 4) is 5.75 Å². The number of aromatic nitrogens is 3. The van der Waals surface area contributed by atoms with Gasteiger partial charge in [-0.25, -0.2) is 4.98 Å². The SMILES string of the molecule is CCOc1cccc2sc(N(CCn3nc(C)cc3C)C(=O)c3ccccc3SC)nc12. The van der Waals surface area contributed by atoms with Crippen LogP contribution in [-0.2, 0) is 6.54 Å². The number of thioether (sulfide) groups is 1. The molecule has 4 aromatic rings. The molecule has 2 aromatic heterocycles. The zero-order chi connectivity index (χ0) is 22.7. The van der Waals surface area contributed by atoms with Gasteiger partial charge in [0.2, 0.25) is 0 Å². The number of para-hydroxylation sites is 1. The molecule has 166 valence electrons. The predicted molar refractivity (Wildman–Crippen MR) is 132 cm³/mol. The summed E-state index contributed by atoms with van der Waals surface area (Å²) >= 11 is 3.07. The Morgan fingerprint density at radius 1 is 1.19 bits per heavy atom. The van der Waals surface area contributed by atoms with Crippen LogP contribution in [0.1, 0.15) is 28.7 Å². The van der Waals surface area contributed by atoms with E-state index in [4.69, 9.17) is 9.72 Å². The standard InChI is InChI=1S/C24H26N4O2S2/c1-5-30-19-10-8-12-21-22(19)25-24(32-21)27(13-14-28-17(3)15-16(2)26-28)23(29)18-9-6-7-11-20(18)31-4/h6-12,15H,5,13-14H2,1-4H3. The molecule has 8 heteroatoms. The quantitative estimate of drug-likeness (QED) is 0.317. The molecular weight excluding hydrogens is 440 g/mol. The van der Waals surface area contributed by atoms with E-state index in [0.717, 1.165) is 32.2 Å². The molecule has 0 fully saturated rings. The molecule has 0 saturated carbocycles. The van der Waals surface area contributed by atoms with Gasteiger partial charge in [-0.1, -0.05) is 29.5 Å². The van der Waals surface area contributed by atoms with Crippen LogP contribution in [0.3, 0.4) is 0 Å². The lowest BCUT2D eigenvalue weighted by Crippen LogP contribution is -2.34. The molecule has 0 N–H and O–H groups in total. The van der Waals surface area contributed by atoms with Crippen molar-refractivity contribution in [1.82, 2.24) is 14.8 Å². The molecule has 2 aromatic carbocycles. The first-order chi connectivity index (χ1) is 15.5. The fourth-order valence-corrected chi connectivity index (χ4v) is 5.24. The number of fused-ring (bicyclic) bond motifs is 1. The molecule has 0 spiro atoms. The summed E-state index contributed by atoms with van der Waals surface area (Å²) in [7, 11) is 0. The number of aryl methyl sites for hydroxylation is 2. The van der Waals surface area contributed by atoms with Gasteiger partial charge in [-0.15, -0.1) is 11.8 Å². The number of hydrogen-bond acceptors (Lipinski definition) is 6. The van der Waals surface area contributed by atoms with E-state index in [1.165, 1.54) is 11.3 Å². The van der Waals surface area contributed by atoms with Crippen molar-refractivity contribution in [2.75, 3.05) is 24.3 Å². The third-order valence-electron chi connectivity index (χ3n) is 5.12. The third kappa shape index (κ3) is 4.52. The van der Waals surface area contributed by atoms with Gasteiger partial charge < -0.3 is 4.74 Å². The molecule has 0 unspecified atom stereocenters. The van der Waals surface area contributed by atoms with E-state index in [-0.39, 0.29) is 5.91 Å². The molecule has 0 atom stereocenters. The Hall–Kier alpha value is -2.84. The number of rotatable bonds is 8. The number of anilines is 1. The summed E-state index contributed by atoms with van der Waals surface area (Å²) in [5.41, 5.74) is 3.51. The highest BCUT2D eigenvalue weighted by Gasteiger charge is 2.24. The number of ether oxygens (including phenoxy) is 1. The van der Waals surface area contributed by atoms with Gasteiger partial charge in [-0.05, 0) is 57.4 Å². The monoisotopic (exact) mass is 466 g/mol. The van der Waals surface area contributed by atoms with Crippen molar-refractivity contribution in [2.24, 2.45) is 0 Å². The van der Waals surface area contributed by atoms with Gasteiger partial charge in [0.15, 0.2) is 5.13 Å². The van der Waals surface area contributed by atoms with Crippen LogP contribution in [0.15, 0.2) is 53.4 Å². The maximum Gasteiger partial charge on any atom is 0.261 e. The summed E-state index contributed by atoms with van der Waals surface area (Å²) in [6.07, 6.45) is 1.98. The lowest BCUT2D eigenvalue weighted by molar-refractivity contribution is 0.0983. The van der Waals surface area contributed by atoms with Crippen LogP contribution in [0.4, 0.5) is 5.13 Å². The molecule has 0 aliphatic heterocycles. The van der Waals surface area contributed by atoms with Crippen LogP contribution in [0, 0.1) is 13.8 Å². The Morgan fingerprint density at radius 3 is 2.72 bits per heavy atom. The fourth-order valence-electron chi connectivity index (χ4n) is 3.65. The largest absolute Gasteiger partial charge is 0.492 e. The molecular formula is C24H26N4O2S2. The second kappa shape index (κ2) is 9.75. The van der Waals surface area contributed by atoms with Crippen molar-refractivity contribution in [3.05, 3.63) is 65.5 Å². The number of hydrogen-bond donors (Lipinski definition) is 0. The highest BCUT2D eigenvalue weighted by atomic mass is 32.2. The summed E-state index contributed by atoms with van der Waals surface area (Å²) < 4.78 is 8.70. The minimum absolute atomic E-state index is 0.0616. The van der Waals surface area contributed by atoms with E-state index < -0.39 is 0 Å². The van der Waals surface area contributed by atoms with Gasteiger partial charge in [0, 0.05) is 17.1 Å². The van der Waals surface area contributed by atoms with Crippen LogP contribution >= 0.6 is 23.1 Å². The van der Waals surface area contributed by atoms with Crippen molar-refractivity contribution in [3.63, 3.8) is 0 Å². The molecule has 0 bridgehead atoms. The van der Waals surface area contributed by atoms with Crippen molar-refractivity contribution in [1.29, 1.82) is 0 Å². The van der Waals surface area contributed by atoms with Crippen LogP contribution in [0.25, 0.3) is 10.2 Å². The number of benzene rings is 2. The fraction of sp³-hybridized carbons (Fsp3) is 0.292. The van der Waals surface area contributed by atoms with Crippen LogP contribution in [0.2, 0.25) is 0 Å². The number of nitrogens with zero attached hydrogens (tertiary/aromatic N) is 4. The first-order valence-electron chi connectivity index (χ1n) is 10.5. The van der Waals surface area contributed by atoms with Gasteiger partial charge in [-0.2, -0.15) is 5.10 Å². The average molecular weight is 467 g/mol. The Labute approximate surface area is 196 Å². The molecule has 0 aliphatic carbocycles. The lowest BCUT2D eigenvalue weighted by atomic mass is 10.2. The van der Waals surface area contributed by atoms with E-state index in [2.05, 4.69) is 5.10 Å². The number of carbonyl (C=O) groups is 1. The van der Waals surface area contributed by atoms with E-state index in [0.29, 0.717) is 30.4 Å². The van der Waals surface area contributed by atoms with Crippen molar-refractivity contribution < 1.29 is 9.53 Å². The summed E-state index contributed by atoms with van der Waals surface area (Å²) in [6, 6.07) is 15.6. The number of carbonyl (C=O) groups excluding carboxylic acids is 1. The number of thiazole rings is 1. The highest BCUT2D eigenvalue weighted by Crippen LogP contribution is 2.35.